The fourth-order valence-electron chi connectivity index (χ4n) is 1.90. The molecule has 0 aliphatic carbocycles. The minimum absolute atomic E-state index is 0.0772. The van der Waals surface area contributed by atoms with E-state index in [1.54, 1.807) is 0 Å². The van der Waals surface area contributed by atoms with E-state index in [1.165, 1.54) is 17.3 Å². The molecule has 0 spiro atoms. The standard InChI is InChI=1S/C14H12N4O2/c19-14(17-18-9-15-16-10-18)8-20-13-7-3-5-11-4-1-2-6-12(11)13/h1-7,9-10H,8H2,(H,17,19). The molecule has 100 valence electrons. The summed E-state index contributed by atoms with van der Waals surface area (Å²) in [5, 5.41) is 9.24. The average molecular weight is 268 g/mol. The van der Waals surface area contributed by atoms with Crippen molar-refractivity contribution in [2.75, 3.05) is 12.0 Å². The molecular weight excluding hydrogens is 256 g/mol. The minimum Gasteiger partial charge on any atom is -0.483 e. The van der Waals surface area contributed by atoms with E-state index in [0.717, 1.165) is 10.8 Å². The first-order valence-corrected chi connectivity index (χ1v) is 6.08. The molecule has 20 heavy (non-hydrogen) atoms. The summed E-state index contributed by atoms with van der Waals surface area (Å²) >= 11 is 0. The summed E-state index contributed by atoms with van der Waals surface area (Å²) in [7, 11) is 0. The van der Waals surface area contributed by atoms with Crippen molar-refractivity contribution in [1.29, 1.82) is 0 Å². The van der Waals surface area contributed by atoms with Gasteiger partial charge in [0.2, 0.25) is 0 Å². The van der Waals surface area contributed by atoms with E-state index in [9.17, 15) is 4.79 Å². The lowest BCUT2D eigenvalue weighted by Crippen LogP contribution is -2.27. The Hall–Kier alpha value is -2.89. The molecule has 0 fully saturated rings. The Morgan fingerprint density at radius 2 is 1.85 bits per heavy atom. The van der Waals surface area contributed by atoms with E-state index in [2.05, 4.69) is 15.6 Å². The molecular formula is C14H12N4O2. The van der Waals surface area contributed by atoms with Crippen LogP contribution in [-0.4, -0.2) is 27.4 Å². The lowest BCUT2D eigenvalue weighted by atomic mass is 10.1. The summed E-state index contributed by atoms with van der Waals surface area (Å²) in [6.45, 7) is -0.0772. The van der Waals surface area contributed by atoms with Gasteiger partial charge in [-0.05, 0) is 11.5 Å². The number of rotatable bonds is 4. The lowest BCUT2D eigenvalue weighted by Gasteiger charge is -2.09. The summed E-state index contributed by atoms with van der Waals surface area (Å²) in [4.78, 5) is 11.7. The van der Waals surface area contributed by atoms with Crippen molar-refractivity contribution in [1.82, 2.24) is 14.9 Å². The number of carbonyl (C=O) groups excluding carboxylic acids is 1. The van der Waals surface area contributed by atoms with Gasteiger partial charge in [0.1, 0.15) is 18.4 Å². The van der Waals surface area contributed by atoms with Gasteiger partial charge in [-0.25, -0.2) is 4.68 Å². The second kappa shape index (κ2) is 5.40. The number of fused-ring (bicyclic) bond motifs is 1. The summed E-state index contributed by atoms with van der Waals surface area (Å²) in [6.07, 6.45) is 2.80. The molecule has 0 unspecified atom stereocenters. The van der Waals surface area contributed by atoms with E-state index in [1.807, 2.05) is 42.5 Å². The molecule has 0 saturated heterocycles. The van der Waals surface area contributed by atoms with Gasteiger partial charge in [0.15, 0.2) is 6.61 Å². The van der Waals surface area contributed by atoms with Gasteiger partial charge in [-0.3, -0.25) is 10.2 Å². The van der Waals surface area contributed by atoms with Crippen molar-refractivity contribution in [3.05, 3.63) is 55.1 Å². The molecule has 6 heteroatoms. The molecule has 1 N–H and O–H groups in total. The molecule has 0 bridgehead atoms. The fraction of sp³-hybridized carbons (Fsp3) is 0.0714. The molecule has 0 radical (unpaired) electrons. The highest BCUT2D eigenvalue weighted by Gasteiger charge is 2.05. The second-order valence-corrected chi connectivity index (χ2v) is 4.17. The quantitative estimate of drug-likeness (QED) is 0.780. The molecule has 0 atom stereocenters. The Morgan fingerprint density at radius 3 is 2.70 bits per heavy atom. The van der Waals surface area contributed by atoms with Crippen molar-refractivity contribution in [2.24, 2.45) is 0 Å². The van der Waals surface area contributed by atoms with Crippen LogP contribution in [0, 0.1) is 0 Å². The number of hydrogen-bond acceptors (Lipinski definition) is 4. The van der Waals surface area contributed by atoms with Crippen LogP contribution in [0.1, 0.15) is 0 Å². The third kappa shape index (κ3) is 2.59. The van der Waals surface area contributed by atoms with Gasteiger partial charge in [0, 0.05) is 5.39 Å². The molecule has 2 aromatic carbocycles. The third-order valence-corrected chi connectivity index (χ3v) is 2.78. The summed E-state index contributed by atoms with van der Waals surface area (Å²) in [6, 6.07) is 13.6. The monoisotopic (exact) mass is 268 g/mol. The van der Waals surface area contributed by atoms with Crippen molar-refractivity contribution in [3.8, 4) is 5.75 Å². The van der Waals surface area contributed by atoms with Crippen molar-refractivity contribution < 1.29 is 9.53 Å². The number of nitrogens with zero attached hydrogens (tertiary/aromatic N) is 3. The van der Waals surface area contributed by atoms with Gasteiger partial charge < -0.3 is 4.74 Å². The first-order chi connectivity index (χ1) is 9.83. The number of amides is 1. The zero-order valence-electron chi connectivity index (χ0n) is 10.6. The van der Waals surface area contributed by atoms with Crippen LogP contribution in [0.15, 0.2) is 55.1 Å². The van der Waals surface area contributed by atoms with Gasteiger partial charge in [-0.15, -0.1) is 10.2 Å². The van der Waals surface area contributed by atoms with Crippen molar-refractivity contribution in [2.45, 2.75) is 0 Å². The Kier molecular flexibility index (Phi) is 3.28. The maximum absolute atomic E-state index is 11.7. The number of nitrogens with one attached hydrogen (secondary N) is 1. The van der Waals surface area contributed by atoms with Crippen LogP contribution < -0.4 is 10.2 Å². The van der Waals surface area contributed by atoms with E-state index in [4.69, 9.17) is 4.74 Å². The van der Waals surface area contributed by atoms with E-state index in [-0.39, 0.29) is 12.5 Å². The smallest absolute Gasteiger partial charge is 0.276 e. The van der Waals surface area contributed by atoms with E-state index >= 15 is 0 Å². The SMILES string of the molecule is O=C(COc1cccc2ccccc12)Nn1cnnc1. The van der Waals surface area contributed by atoms with Crippen LogP contribution >= 0.6 is 0 Å². The van der Waals surface area contributed by atoms with Gasteiger partial charge in [-0.2, -0.15) is 0 Å². The fourth-order valence-corrected chi connectivity index (χ4v) is 1.90. The largest absolute Gasteiger partial charge is 0.483 e. The zero-order valence-corrected chi connectivity index (χ0v) is 10.6. The highest BCUT2D eigenvalue weighted by Crippen LogP contribution is 2.24. The number of aromatic nitrogens is 3. The summed E-state index contributed by atoms with van der Waals surface area (Å²) < 4.78 is 6.93. The van der Waals surface area contributed by atoms with E-state index < -0.39 is 0 Å². The highest BCUT2D eigenvalue weighted by molar-refractivity contribution is 5.89. The number of carbonyl (C=O) groups is 1. The average Bonchev–Trinajstić information content (AvgIpc) is 2.98. The molecule has 0 aliphatic rings. The Bertz CT molecular complexity index is 720. The zero-order chi connectivity index (χ0) is 13.8. The van der Waals surface area contributed by atoms with Gasteiger partial charge in [0.05, 0.1) is 0 Å². The first-order valence-electron chi connectivity index (χ1n) is 6.08. The molecule has 1 heterocycles. The molecule has 3 rings (SSSR count). The molecule has 3 aromatic rings. The van der Waals surface area contributed by atoms with Crippen LogP contribution in [0.25, 0.3) is 10.8 Å². The third-order valence-electron chi connectivity index (χ3n) is 2.78. The van der Waals surface area contributed by atoms with Crippen LogP contribution in [0.4, 0.5) is 0 Å². The molecule has 0 aliphatic heterocycles. The van der Waals surface area contributed by atoms with Gasteiger partial charge in [0.25, 0.3) is 5.91 Å². The van der Waals surface area contributed by atoms with Crippen LogP contribution in [0.5, 0.6) is 5.75 Å². The topological polar surface area (TPSA) is 69.0 Å². The van der Waals surface area contributed by atoms with Gasteiger partial charge in [-0.1, -0.05) is 36.4 Å². The number of ether oxygens (including phenoxy) is 1. The normalized spacial score (nSPS) is 10.4. The van der Waals surface area contributed by atoms with Crippen LogP contribution in [0.3, 0.4) is 0 Å². The van der Waals surface area contributed by atoms with Crippen molar-refractivity contribution >= 4 is 16.7 Å². The van der Waals surface area contributed by atoms with E-state index in [0.29, 0.717) is 5.75 Å². The predicted octanol–water partition coefficient (Wildman–Crippen LogP) is 1.58. The molecule has 1 amide bonds. The minimum atomic E-state index is -0.280. The van der Waals surface area contributed by atoms with Gasteiger partial charge >= 0.3 is 0 Å². The first kappa shape index (κ1) is 12.2. The van der Waals surface area contributed by atoms with Crippen molar-refractivity contribution in [3.63, 3.8) is 0 Å². The number of benzene rings is 2. The Balaban J connectivity index is 1.69. The maximum Gasteiger partial charge on any atom is 0.276 e. The summed E-state index contributed by atoms with van der Waals surface area (Å²) in [5.41, 5.74) is 2.57. The maximum atomic E-state index is 11.7. The molecule has 0 saturated carbocycles. The van der Waals surface area contributed by atoms with Crippen LogP contribution in [0.2, 0.25) is 0 Å². The highest BCUT2D eigenvalue weighted by atomic mass is 16.5. The second-order valence-electron chi connectivity index (χ2n) is 4.17. The predicted molar refractivity (Wildman–Crippen MR) is 73.8 cm³/mol. The molecule has 6 nitrogen and oxygen atoms in total. The van der Waals surface area contributed by atoms with Crippen LogP contribution in [-0.2, 0) is 4.79 Å². The summed E-state index contributed by atoms with van der Waals surface area (Å²) in [5.74, 6) is 0.403. The molecule has 1 aromatic heterocycles. The lowest BCUT2D eigenvalue weighted by molar-refractivity contribution is -0.119. The Morgan fingerprint density at radius 1 is 1.10 bits per heavy atom. The number of hydrogen-bond donors (Lipinski definition) is 1. The Labute approximate surface area is 115 Å².